The van der Waals surface area contributed by atoms with Crippen LogP contribution in [-0.4, -0.2) is 81.0 Å². The molecule has 13 nitrogen and oxygen atoms in total. The Morgan fingerprint density at radius 2 is 1.28 bits per heavy atom. The maximum Gasteiger partial charge on any atom is 0.319 e. The number of amides is 4. The highest BCUT2D eigenvalue weighted by atomic mass is 16.2. The number of hydrogen-bond donors (Lipinski definition) is 6. The highest BCUT2D eigenvalue weighted by Crippen LogP contribution is 2.15. The second kappa shape index (κ2) is 9.70. The SMILES string of the molecule is CN(CCNC(=O)Nc1ccc2nn[nH]c2c1)CCNC(=O)Nc1ccc2nn[nH]c2c1. The molecule has 6 N–H and O–H groups in total. The number of H-pyrrole nitrogens is 2. The molecule has 4 rings (SSSR count). The summed E-state index contributed by atoms with van der Waals surface area (Å²) in [6.45, 7) is 2.18. The zero-order valence-corrected chi connectivity index (χ0v) is 17.3. The number of carbonyl (C=O) groups is 2. The first-order valence-electron chi connectivity index (χ1n) is 9.97. The number of nitrogens with one attached hydrogen (secondary N) is 6. The van der Waals surface area contributed by atoms with E-state index in [0.29, 0.717) is 37.6 Å². The summed E-state index contributed by atoms with van der Waals surface area (Å²) in [4.78, 5) is 26.1. The van der Waals surface area contributed by atoms with Crippen molar-refractivity contribution >= 4 is 45.5 Å². The van der Waals surface area contributed by atoms with Crippen molar-refractivity contribution in [1.29, 1.82) is 0 Å². The van der Waals surface area contributed by atoms with Gasteiger partial charge in [-0.15, -0.1) is 10.2 Å². The normalized spacial score (nSPS) is 11.1. The van der Waals surface area contributed by atoms with Gasteiger partial charge in [0.15, 0.2) is 0 Å². The number of carbonyl (C=O) groups excluding carboxylic acids is 2. The standard InChI is InChI=1S/C19H23N11O2/c1-30(8-6-20-18(31)22-12-2-4-14-16(10-12)26-28-24-14)9-7-21-19(32)23-13-3-5-15-17(11-13)27-29-25-15/h2-5,10-11H,6-9H2,1H3,(H2,20,22,31)(H2,21,23,32)(H,24,26,28)(H,25,27,29). The molecule has 2 aromatic heterocycles. The zero-order valence-electron chi connectivity index (χ0n) is 17.3. The summed E-state index contributed by atoms with van der Waals surface area (Å²) in [6.07, 6.45) is 0. The van der Waals surface area contributed by atoms with Gasteiger partial charge in [-0.25, -0.2) is 9.59 Å². The van der Waals surface area contributed by atoms with Gasteiger partial charge in [0.1, 0.15) is 11.0 Å². The number of rotatable bonds is 8. The number of urea groups is 2. The van der Waals surface area contributed by atoms with Gasteiger partial charge in [-0.05, 0) is 43.4 Å². The number of hydrogen-bond acceptors (Lipinski definition) is 7. The Kier molecular flexibility index (Phi) is 6.36. The average Bonchev–Trinajstić information content (AvgIpc) is 3.42. The molecule has 0 spiro atoms. The van der Waals surface area contributed by atoms with Crippen LogP contribution in [0.15, 0.2) is 36.4 Å². The van der Waals surface area contributed by atoms with Crippen LogP contribution in [0.5, 0.6) is 0 Å². The van der Waals surface area contributed by atoms with E-state index in [1.807, 2.05) is 11.9 Å². The Morgan fingerprint density at radius 1 is 0.812 bits per heavy atom. The molecule has 0 aliphatic rings. The molecule has 4 amide bonds. The van der Waals surface area contributed by atoms with Crippen molar-refractivity contribution in [2.24, 2.45) is 0 Å². The summed E-state index contributed by atoms with van der Waals surface area (Å²) in [5.41, 5.74) is 4.25. The van der Waals surface area contributed by atoms with E-state index in [9.17, 15) is 9.59 Å². The van der Waals surface area contributed by atoms with Crippen LogP contribution in [0.1, 0.15) is 0 Å². The van der Waals surface area contributed by atoms with Crippen LogP contribution in [0.2, 0.25) is 0 Å². The predicted molar refractivity (Wildman–Crippen MR) is 119 cm³/mol. The van der Waals surface area contributed by atoms with Gasteiger partial charge in [0.25, 0.3) is 0 Å². The van der Waals surface area contributed by atoms with Crippen molar-refractivity contribution < 1.29 is 9.59 Å². The molecule has 0 aliphatic heterocycles. The third-order valence-corrected chi connectivity index (χ3v) is 4.72. The number of fused-ring (bicyclic) bond motifs is 2. The van der Waals surface area contributed by atoms with Gasteiger partial charge in [0.2, 0.25) is 0 Å². The van der Waals surface area contributed by atoms with Crippen LogP contribution >= 0.6 is 0 Å². The molecule has 0 fully saturated rings. The van der Waals surface area contributed by atoms with E-state index in [4.69, 9.17) is 0 Å². The van der Waals surface area contributed by atoms with Gasteiger partial charge in [-0.1, -0.05) is 10.4 Å². The fraction of sp³-hybridized carbons (Fsp3) is 0.263. The maximum absolute atomic E-state index is 12.1. The smallest absolute Gasteiger partial charge is 0.319 e. The molecule has 4 aromatic rings. The van der Waals surface area contributed by atoms with Crippen molar-refractivity contribution in [2.75, 3.05) is 43.9 Å². The van der Waals surface area contributed by atoms with Crippen LogP contribution in [0.3, 0.4) is 0 Å². The van der Waals surface area contributed by atoms with Crippen molar-refractivity contribution in [1.82, 2.24) is 46.4 Å². The fourth-order valence-corrected chi connectivity index (χ4v) is 3.03. The number of aromatic nitrogens is 6. The number of benzene rings is 2. The van der Waals surface area contributed by atoms with Crippen LogP contribution in [0, 0.1) is 0 Å². The molecule has 0 bridgehead atoms. The Balaban J connectivity index is 1.11. The Labute approximate surface area is 182 Å². The second-order valence-corrected chi connectivity index (χ2v) is 7.15. The summed E-state index contributed by atoms with van der Waals surface area (Å²) in [7, 11) is 1.91. The van der Waals surface area contributed by atoms with E-state index >= 15 is 0 Å². The van der Waals surface area contributed by atoms with Crippen LogP contribution < -0.4 is 21.3 Å². The number of anilines is 2. The minimum Gasteiger partial charge on any atom is -0.337 e. The van der Waals surface area contributed by atoms with Gasteiger partial charge in [-0.2, -0.15) is 0 Å². The molecule has 0 saturated heterocycles. The molecular formula is C19H23N11O2. The summed E-state index contributed by atoms with van der Waals surface area (Å²) in [5.74, 6) is 0. The highest BCUT2D eigenvalue weighted by molar-refractivity contribution is 5.92. The van der Waals surface area contributed by atoms with Crippen molar-refractivity contribution in [3.8, 4) is 0 Å². The minimum atomic E-state index is -0.299. The summed E-state index contributed by atoms with van der Waals surface area (Å²) < 4.78 is 0. The predicted octanol–water partition coefficient (Wildman–Crippen LogP) is 1.10. The lowest BCUT2D eigenvalue weighted by Crippen LogP contribution is -2.39. The molecule has 0 radical (unpaired) electrons. The molecule has 0 aliphatic carbocycles. The van der Waals surface area contributed by atoms with Crippen molar-refractivity contribution in [3.05, 3.63) is 36.4 Å². The van der Waals surface area contributed by atoms with E-state index < -0.39 is 0 Å². The van der Waals surface area contributed by atoms with Gasteiger partial charge in [0, 0.05) is 37.6 Å². The summed E-state index contributed by atoms with van der Waals surface area (Å²) in [5, 5.41) is 31.9. The fourth-order valence-electron chi connectivity index (χ4n) is 3.03. The first-order chi connectivity index (χ1) is 15.6. The lowest BCUT2D eigenvalue weighted by molar-refractivity contribution is 0.247. The maximum atomic E-state index is 12.1. The number of nitrogens with zero attached hydrogens (tertiary/aromatic N) is 5. The Morgan fingerprint density at radius 3 is 1.75 bits per heavy atom. The molecule has 166 valence electrons. The second-order valence-electron chi connectivity index (χ2n) is 7.15. The Hall–Kier alpha value is -4.26. The first-order valence-corrected chi connectivity index (χ1v) is 9.97. The quantitative estimate of drug-likeness (QED) is 0.240. The third kappa shape index (κ3) is 5.46. The molecular weight excluding hydrogens is 414 g/mol. The van der Waals surface area contributed by atoms with Crippen molar-refractivity contribution in [3.63, 3.8) is 0 Å². The molecule has 0 saturated carbocycles. The van der Waals surface area contributed by atoms with Gasteiger partial charge in [0.05, 0.1) is 11.0 Å². The number of aromatic amines is 2. The monoisotopic (exact) mass is 437 g/mol. The van der Waals surface area contributed by atoms with Gasteiger partial charge in [-0.3, -0.25) is 10.2 Å². The van der Waals surface area contributed by atoms with Crippen molar-refractivity contribution in [2.45, 2.75) is 0 Å². The Bertz CT molecular complexity index is 1120. The van der Waals surface area contributed by atoms with E-state index in [-0.39, 0.29) is 12.1 Å². The summed E-state index contributed by atoms with van der Waals surface area (Å²) in [6, 6.07) is 10.0. The van der Waals surface area contributed by atoms with E-state index in [0.717, 1.165) is 22.1 Å². The average molecular weight is 437 g/mol. The molecule has 2 heterocycles. The van der Waals surface area contributed by atoms with Gasteiger partial charge >= 0.3 is 12.1 Å². The molecule has 32 heavy (non-hydrogen) atoms. The molecule has 2 aromatic carbocycles. The largest absolute Gasteiger partial charge is 0.337 e. The lowest BCUT2D eigenvalue weighted by Gasteiger charge is -2.17. The highest BCUT2D eigenvalue weighted by Gasteiger charge is 2.07. The minimum absolute atomic E-state index is 0.299. The van der Waals surface area contributed by atoms with E-state index in [1.54, 1.807) is 36.4 Å². The molecule has 0 atom stereocenters. The topological polar surface area (TPSA) is 169 Å². The van der Waals surface area contributed by atoms with Gasteiger partial charge < -0.3 is 26.2 Å². The molecule has 0 unspecified atom stereocenters. The first kappa shape index (κ1) is 21.0. The van der Waals surface area contributed by atoms with E-state index in [2.05, 4.69) is 52.1 Å². The summed E-state index contributed by atoms with van der Waals surface area (Å²) >= 11 is 0. The van der Waals surface area contributed by atoms with Crippen LogP contribution in [0.4, 0.5) is 21.0 Å². The van der Waals surface area contributed by atoms with Crippen LogP contribution in [0.25, 0.3) is 22.1 Å². The number of likely N-dealkylation sites (N-methyl/N-ethyl adjacent to an activating group) is 1. The van der Waals surface area contributed by atoms with E-state index in [1.165, 1.54) is 0 Å². The zero-order chi connectivity index (χ0) is 22.3. The lowest BCUT2D eigenvalue weighted by atomic mass is 10.3. The molecule has 13 heteroatoms. The third-order valence-electron chi connectivity index (χ3n) is 4.72. The van der Waals surface area contributed by atoms with Crippen LogP contribution in [-0.2, 0) is 0 Å².